The molecule has 0 aliphatic heterocycles. The summed E-state index contributed by atoms with van der Waals surface area (Å²) < 4.78 is 46.7. The third kappa shape index (κ3) is 4.89. The average molecular weight is 512 g/mol. The highest BCUT2D eigenvalue weighted by molar-refractivity contribution is 8.00. The van der Waals surface area contributed by atoms with Crippen LogP contribution in [-0.4, -0.2) is 34.0 Å². The lowest BCUT2D eigenvalue weighted by Crippen LogP contribution is -2.12. The first kappa shape index (κ1) is 24.8. The average Bonchev–Trinajstić information content (AvgIpc) is 3.29. The van der Waals surface area contributed by atoms with Crippen LogP contribution in [0.1, 0.15) is 22.8 Å². The van der Waals surface area contributed by atoms with Crippen LogP contribution in [0.2, 0.25) is 0 Å². The van der Waals surface area contributed by atoms with Crippen molar-refractivity contribution in [3.63, 3.8) is 0 Å². The number of nitrogens with one attached hydrogen (secondary N) is 3. The summed E-state index contributed by atoms with van der Waals surface area (Å²) in [5.41, 5.74) is 5.94. The van der Waals surface area contributed by atoms with Gasteiger partial charge in [-0.2, -0.15) is 0 Å². The van der Waals surface area contributed by atoms with Crippen LogP contribution >= 0.6 is 11.9 Å². The summed E-state index contributed by atoms with van der Waals surface area (Å²) in [7, 11) is 1.56. The Morgan fingerprint density at radius 1 is 1.14 bits per heavy atom. The molecule has 4 aromatic rings. The maximum absolute atomic E-state index is 15.4. The quantitative estimate of drug-likeness (QED) is 0.149. The molecule has 8 nitrogen and oxygen atoms in total. The molecule has 0 aliphatic carbocycles. The minimum atomic E-state index is -1.12. The van der Waals surface area contributed by atoms with E-state index >= 15 is 4.39 Å². The van der Waals surface area contributed by atoms with E-state index in [0.29, 0.717) is 11.4 Å². The molecule has 184 valence electrons. The van der Waals surface area contributed by atoms with Crippen LogP contribution in [0.5, 0.6) is 0 Å². The molecule has 5 N–H and O–H groups in total. The second-order valence-electron chi connectivity index (χ2n) is 7.50. The van der Waals surface area contributed by atoms with Gasteiger partial charge in [-0.25, -0.2) is 23.1 Å². The number of nitrogens with two attached hydrogens (primary N) is 1. The number of carbonyl (C=O) groups is 1. The first-order valence-electron chi connectivity index (χ1n) is 10.5. The van der Waals surface area contributed by atoms with E-state index in [2.05, 4.69) is 30.0 Å². The maximum Gasteiger partial charge on any atom is 0.201 e. The van der Waals surface area contributed by atoms with Crippen molar-refractivity contribution in [3.8, 4) is 0 Å². The monoisotopic (exact) mass is 511 g/mol. The van der Waals surface area contributed by atoms with E-state index < -0.39 is 28.8 Å². The Morgan fingerprint density at radius 2 is 1.92 bits per heavy atom. The molecule has 0 aliphatic rings. The first-order valence-corrected chi connectivity index (χ1v) is 11.3. The summed E-state index contributed by atoms with van der Waals surface area (Å²) >= 11 is 0.793. The van der Waals surface area contributed by atoms with Gasteiger partial charge in [-0.05, 0) is 43.1 Å². The van der Waals surface area contributed by atoms with Crippen molar-refractivity contribution in [2.75, 3.05) is 17.1 Å². The lowest BCUT2D eigenvalue weighted by molar-refractivity contribution is 0.103. The van der Waals surface area contributed by atoms with Crippen molar-refractivity contribution in [1.29, 1.82) is 0 Å². The van der Waals surface area contributed by atoms with Crippen LogP contribution in [0.3, 0.4) is 0 Å². The van der Waals surface area contributed by atoms with Gasteiger partial charge in [-0.1, -0.05) is 12.1 Å². The van der Waals surface area contributed by atoms with Crippen LogP contribution in [0, 0.1) is 17.5 Å². The Kier molecular flexibility index (Phi) is 7.25. The van der Waals surface area contributed by atoms with Gasteiger partial charge >= 0.3 is 0 Å². The molecule has 0 radical (unpaired) electrons. The lowest BCUT2D eigenvalue weighted by atomic mass is 10.0. The zero-order chi connectivity index (χ0) is 25.8. The first-order chi connectivity index (χ1) is 17.3. The van der Waals surface area contributed by atoms with E-state index in [1.165, 1.54) is 36.9 Å². The highest BCUT2D eigenvalue weighted by Gasteiger charge is 2.26. The van der Waals surface area contributed by atoms with Crippen LogP contribution in [-0.2, 0) is 0 Å². The normalized spacial score (nSPS) is 12.1. The number of anilines is 2. The van der Waals surface area contributed by atoms with Crippen molar-refractivity contribution < 1.29 is 18.0 Å². The predicted octanol–water partition coefficient (Wildman–Crippen LogP) is 5.03. The number of halogens is 3. The van der Waals surface area contributed by atoms with Crippen molar-refractivity contribution in [2.45, 2.75) is 11.8 Å². The number of ketones is 1. The number of aromatic nitrogens is 3. The van der Waals surface area contributed by atoms with Crippen molar-refractivity contribution in [1.82, 2.24) is 15.0 Å². The number of fused-ring (bicyclic) bond motifs is 1. The minimum absolute atomic E-state index is 0.0627. The summed E-state index contributed by atoms with van der Waals surface area (Å²) in [6, 6.07) is 7.98. The van der Waals surface area contributed by atoms with Gasteiger partial charge in [0.05, 0.1) is 32.8 Å². The van der Waals surface area contributed by atoms with Crippen LogP contribution in [0.4, 0.5) is 24.7 Å². The van der Waals surface area contributed by atoms with Crippen molar-refractivity contribution >= 4 is 46.5 Å². The number of nitrogens with zero attached hydrogens (tertiary/aromatic N) is 3. The molecule has 2 aromatic carbocycles. The van der Waals surface area contributed by atoms with Gasteiger partial charge in [0.1, 0.15) is 29.4 Å². The van der Waals surface area contributed by atoms with Gasteiger partial charge in [-0.15, -0.1) is 0 Å². The standard InChI is InChI=1S/C24H20F3N7OS/c1-12(28)17(10-29-2)33-24-19-13(9-30-23(19)31-11-32-24)22(35)20-15(26)7-8-16(21(20)27)34-36-18-6-4-3-5-14(18)25/h3-11,34H,28H2,1-2H3,(H2,30,31,32,33). The number of benzene rings is 2. The van der Waals surface area contributed by atoms with Gasteiger partial charge in [-0.3, -0.25) is 9.79 Å². The third-order valence-electron chi connectivity index (χ3n) is 5.08. The number of hydrogen-bond donors (Lipinski definition) is 4. The predicted molar refractivity (Wildman–Crippen MR) is 134 cm³/mol. The largest absolute Gasteiger partial charge is 0.401 e. The van der Waals surface area contributed by atoms with Crippen LogP contribution in [0.25, 0.3) is 11.0 Å². The van der Waals surface area contributed by atoms with Gasteiger partial charge in [0.25, 0.3) is 0 Å². The lowest BCUT2D eigenvalue weighted by Gasteiger charge is -2.12. The fourth-order valence-corrected chi connectivity index (χ4v) is 4.03. The van der Waals surface area contributed by atoms with E-state index in [0.717, 1.165) is 24.1 Å². The van der Waals surface area contributed by atoms with Crippen LogP contribution < -0.4 is 15.8 Å². The Hall–Kier alpha value is -4.32. The van der Waals surface area contributed by atoms with Gasteiger partial charge < -0.3 is 20.8 Å². The number of aromatic amines is 1. The zero-order valence-electron chi connectivity index (χ0n) is 19.1. The molecular formula is C24H20F3N7OS. The molecule has 0 saturated carbocycles. The molecule has 0 bridgehead atoms. The molecule has 2 heterocycles. The zero-order valence-corrected chi connectivity index (χ0v) is 19.9. The topological polar surface area (TPSA) is 121 Å². The third-order valence-corrected chi connectivity index (χ3v) is 5.95. The number of aliphatic imine (C=N–C) groups is 1. The summed E-state index contributed by atoms with van der Waals surface area (Å²) in [6.07, 6.45) is 4.03. The van der Waals surface area contributed by atoms with Gasteiger partial charge in [0, 0.05) is 25.2 Å². The second-order valence-corrected chi connectivity index (χ2v) is 8.35. The molecule has 0 unspecified atom stereocenters. The van der Waals surface area contributed by atoms with E-state index in [1.807, 2.05) is 0 Å². The maximum atomic E-state index is 15.4. The molecule has 36 heavy (non-hydrogen) atoms. The molecular weight excluding hydrogens is 491 g/mol. The smallest absolute Gasteiger partial charge is 0.201 e. The molecule has 0 atom stereocenters. The number of allylic oxidation sites excluding steroid dienone is 2. The van der Waals surface area contributed by atoms with E-state index in [1.54, 1.807) is 20.0 Å². The number of H-pyrrole nitrogens is 1. The van der Waals surface area contributed by atoms with Gasteiger partial charge in [0.2, 0.25) is 5.78 Å². The SMILES string of the molecule is CN=CC(Nc1ncnc2[nH]cc(C(=O)c3c(F)ccc(NSc4ccccc4F)c3F)c12)=C(C)N. The number of hydrogen-bond acceptors (Lipinski definition) is 8. The summed E-state index contributed by atoms with van der Waals surface area (Å²) in [5.74, 6) is -3.44. The highest BCUT2D eigenvalue weighted by Crippen LogP contribution is 2.32. The minimum Gasteiger partial charge on any atom is -0.401 e. The summed E-state index contributed by atoms with van der Waals surface area (Å²) in [5, 5.41) is 3.19. The Labute approximate surface area is 208 Å². The fraction of sp³-hybridized carbons (Fsp3) is 0.0833. The molecule has 0 amide bonds. The second kappa shape index (κ2) is 10.5. The van der Waals surface area contributed by atoms with Crippen molar-refractivity contribution in [2.24, 2.45) is 10.7 Å². The number of rotatable bonds is 8. The Bertz CT molecular complexity index is 1510. The Balaban J connectivity index is 1.73. The van der Waals surface area contributed by atoms with E-state index in [9.17, 15) is 13.6 Å². The molecule has 0 fully saturated rings. The van der Waals surface area contributed by atoms with E-state index in [4.69, 9.17) is 5.73 Å². The number of carbonyl (C=O) groups excluding carboxylic acids is 1. The molecule has 0 saturated heterocycles. The molecule has 4 rings (SSSR count). The van der Waals surface area contributed by atoms with Gasteiger partial charge in [0.15, 0.2) is 5.82 Å². The molecule has 12 heteroatoms. The molecule has 0 spiro atoms. The van der Waals surface area contributed by atoms with Crippen LogP contribution in [0.15, 0.2) is 70.2 Å². The van der Waals surface area contributed by atoms with E-state index in [-0.39, 0.29) is 33.0 Å². The summed E-state index contributed by atoms with van der Waals surface area (Å²) in [4.78, 5) is 28.6. The molecule has 2 aromatic heterocycles. The fourth-order valence-electron chi connectivity index (χ4n) is 3.34. The highest BCUT2D eigenvalue weighted by atomic mass is 32.2. The Morgan fingerprint density at radius 3 is 2.64 bits per heavy atom. The summed E-state index contributed by atoms with van der Waals surface area (Å²) in [6.45, 7) is 1.65. The van der Waals surface area contributed by atoms with Crippen molar-refractivity contribution in [3.05, 3.63) is 88.9 Å².